The van der Waals surface area contributed by atoms with Crippen molar-refractivity contribution in [3.63, 3.8) is 0 Å². The van der Waals surface area contributed by atoms with Gasteiger partial charge in [-0.25, -0.2) is 8.42 Å². The Morgan fingerprint density at radius 2 is 2.04 bits per heavy atom. The van der Waals surface area contributed by atoms with Crippen molar-refractivity contribution < 1.29 is 17.9 Å². The average Bonchev–Trinajstić information content (AvgIpc) is 2.57. The first-order valence-electron chi connectivity index (χ1n) is 7.44. The first-order chi connectivity index (χ1) is 11.4. The van der Waals surface area contributed by atoms with Crippen LogP contribution in [0.25, 0.3) is 0 Å². The summed E-state index contributed by atoms with van der Waals surface area (Å²) < 4.78 is 28.4. The number of hydrogen-bond acceptors (Lipinski definition) is 5. The fourth-order valence-electron chi connectivity index (χ4n) is 1.91. The van der Waals surface area contributed by atoms with E-state index in [0.717, 1.165) is 17.5 Å². The Labute approximate surface area is 141 Å². The van der Waals surface area contributed by atoms with Gasteiger partial charge in [0.25, 0.3) is 0 Å². The number of pyridine rings is 1. The summed E-state index contributed by atoms with van der Waals surface area (Å²) >= 11 is 0. The van der Waals surface area contributed by atoms with Gasteiger partial charge in [-0.2, -0.15) is 0 Å². The molecule has 128 valence electrons. The van der Waals surface area contributed by atoms with Crippen LogP contribution in [0.4, 0.5) is 0 Å². The molecule has 2 aromatic rings. The quantitative estimate of drug-likeness (QED) is 0.823. The third-order valence-corrected chi connectivity index (χ3v) is 4.99. The molecular formula is C17H20N2O4S. The Kier molecular flexibility index (Phi) is 5.92. The molecule has 0 unspecified atom stereocenters. The van der Waals surface area contributed by atoms with E-state index < -0.39 is 21.0 Å². The number of aromatic nitrogens is 1. The number of hydrogen-bond donors (Lipinski definition) is 1. The molecule has 0 saturated heterocycles. The van der Waals surface area contributed by atoms with Crippen molar-refractivity contribution in [2.24, 2.45) is 0 Å². The molecule has 1 atom stereocenters. The second kappa shape index (κ2) is 7.92. The SMILES string of the molecule is C[C@@H](C(=O)NCc1cccc(OCc2ccccn2)c1)S(C)(=O)=O. The number of benzene rings is 1. The van der Waals surface area contributed by atoms with Crippen LogP contribution in [-0.2, 0) is 27.8 Å². The maximum Gasteiger partial charge on any atom is 0.238 e. The lowest BCUT2D eigenvalue weighted by Gasteiger charge is -2.11. The van der Waals surface area contributed by atoms with Crippen molar-refractivity contribution in [3.05, 3.63) is 59.9 Å². The van der Waals surface area contributed by atoms with Gasteiger partial charge >= 0.3 is 0 Å². The van der Waals surface area contributed by atoms with Crippen molar-refractivity contribution in [2.75, 3.05) is 6.26 Å². The summed E-state index contributed by atoms with van der Waals surface area (Å²) in [4.78, 5) is 16.0. The van der Waals surface area contributed by atoms with E-state index in [1.54, 1.807) is 12.3 Å². The summed E-state index contributed by atoms with van der Waals surface area (Å²) in [6, 6.07) is 12.9. The van der Waals surface area contributed by atoms with E-state index >= 15 is 0 Å². The van der Waals surface area contributed by atoms with Crippen LogP contribution < -0.4 is 10.1 Å². The number of nitrogens with zero attached hydrogens (tertiary/aromatic N) is 1. The molecule has 0 spiro atoms. The minimum Gasteiger partial charge on any atom is -0.487 e. The third kappa shape index (κ3) is 5.34. The van der Waals surface area contributed by atoms with E-state index in [2.05, 4.69) is 10.3 Å². The molecule has 2 rings (SSSR count). The van der Waals surface area contributed by atoms with E-state index in [4.69, 9.17) is 4.74 Å². The summed E-state index contributed by atoms with van der Waals surface area (Å²) in [7, 11) is -3.40. The fourth-order valence-corrected chi connectivity index (χ4v) is 2.39. The molecule has 0 saturated carbocycles. The smallest absolute Gasteiger partial charge is 0.238 e. The van der Waals surface area contributed by atoms with Crippen molar-refractivity contribution in [1.29, 1.82) is 0 Å². The molecule has 0 radical (unpaired) electrons. The molecule has 7 heteroatoms. The zero-order valence-electron chi connectivity index (χ0n) is 13.6. The first kappa shape index (κ1) is 17.9. The van der Waals surface area contributed by atoms with Crippen molar-refractivity contribution in [1.82, 2.24) is 10.3 Å². The predicted molar refractivity (Wildman–Crippen MR) is 91.2 cm³/mol. The molecular weight excluding hydrogens is 328 g/mol. The first-order valence-corrected chi connectivity index (χ1v) is 9.40. The molecule has 1 aromatic heterocycles. The number of amides is 1. The highest BCUT2D eigenvalue weighted by molar-refractivity contribution is 7.92. The van der Waals surface area contributed by atoms with Crippen molar-refractivity contribution in [3.8, 4) is 5.75 Å². The lowest BCUT2D eigenvalue weighted by Crippen LogP contribution is -2.36. The van der Waals surface area contributed by atoms with E-state index in [-0.39, 0.29) is 6.54 Å². The molecule has 0 aliphatic heterocycles. The molecule has 1 heterocycles. The average molecular weight is 348 g/mol. The van der Waals surface area contributed by atoms with Gasteiger partial charge in [0.2, 0.25) is 5.91 Å². The molecule has 1 N–H and O–H groups in total. The monoisotopic (exact) mass is 348 g/mol. The number of ether oxygens (including phenoxy) is 1. The van der Waals surface area contributed by atoms with Crippen molar-refractivity contribution >= 4 is 15.7 Å². The molecule has 0 aliphatic rings. The van der Waals surface area contributed by atoms with Gasteiger partial charge in [0.1, 0.15) is 17.6 Å². The summed E-state index contributed by atoms with van der Waals surface area (Å²) in [5.74, 6) is 0.140. The van der Waals surface area contributed by atoms with E-state index in [9.17, 15) is 13.2 Å². The Morgan fingerprint density at radius 3 is 2.71 bits per heavy atom. The maximum absolute atomic E-state index is 11.8. The Hall–Kier alpha value is -2.41. The number of sulfone groups is 1. The van der Waals surface area contributed by atoms with E-state index in [1.807, 2.05) is 36.4 Å². The summed E-state index contributed by atoms with van der Waals surface area (Å²) in [6.07, 6.45) is 2.75. The number of carbonyl (C=O) groups is 1. The van der Waals surface area contributed by atoms with Crippen LogP contribution in [0.15, 0.2) is 48.7 Å². The molecule has 1 aromatic carbocycles. The molecule has 0 fully saturated rings. The zero-order valence-corrected chi connectivity index (χ0v) is 14.4. The van der Waals surface area contributed by atoms with E-state index in [0.29, 0.717) is 12.4 Å². The number of rotatable bonds is 7. The van der Waals surface area contributed by atoms with Crippen molar-refractivity contribution in [2.45, 2.75) is 25.3 Å². The van der Waals surface area contributed by atoms with Crippen LogP contribution >= 0.6 is 0 Å². The fraction of sp³-hybridized carbons (Fsp3) is 0.294. The zero-order chi connectivity index (χ0) is 17.6. The minimum atomic E-state index is -3.40. The summed E-state index contributed by atoms with van der Waals surface area (Å²) in [5, 5.41) is 1.55. The van der Waals surface area contributed by atoms with Gasteiger partial charge in [0, 0.05) is 19.0 Å². The topological polar surface area (TPSA) is 85.4 Å². The second-order valence-corrected chi connectivity index (χ2v) is 7.81. The van der Waals surface area contributed by atoms with Gasteiger partial charge in [-0.3, -0.25) is 9.78 Å². The molecule has 6 nitrogen and oxygen atoms in total. The van der Waals surface area contributed by atoms with Gasteiger partial charge in [-0.1, -0.05) is 18.2 Å². The van der Waals surface area contributed by atoms with Gasteiger partial charge in [0.05, 0.1) is 5.69 Å². The van der Waals surface area contributed by atoms with Gasteiger partial charge in [-0.15, -0.1) is 0 Å². The normalized spacial score (nSPS) is 12.4. The molecule has 24 heavy (non-hydrogen) atoms. The number of nitrogens with one attached hydrogen (secondary N) is 1. The molecule has 0 bridgehead atoms. The van der Waals surface area contributed by atoms with Gasteiger partial charge in [0.15, 0.2) is 9.84 Å². The van der Waals surface area contributed by atoms with Crippen LogP contribution in [0.3, 0.4) is 0 Å². The van der Waals surface area contributed by atoms with Gasteiger partial charge < -0.3 is 10.1 Å². The highest BCUT2D eigenvalue weighted by Gasteiger charge is 2.22. The standard InChI is InChI=1S/C17H20N2O4S/c1-13(24(2,21)22)17(20)19-11-14-6-5-8-16(10-14)23-12-15-7-3-4-9-18-15/h3-10,13H,11-12H2,1-2H3,(H,19,20)/t13-/m0/s1. The number of carbonyl (C=O) groups excluding carboxylic acids is 1. The second-order valence-electron chi connectivity index (χ2n) is 5.45. The molecule has 0 aliphatic carbocycles. The summed E-state index contributed by atoms with van der Waals surface area (Å²) in [5.41, 5.74) is 1.64. The lowest BCUT2D eigenvalue weighted by atomic mass is 10.2. The van der Waals surface area contributed by atoms with Crippen LogP contribution in [0.1, 0.15) is 18.2 Å². The van der Waals surface area contributed by atoms with Crippen LogP contribution in [0.5, 0.6) is 5.75 Å². The van der Waals surface area contributed by atoms with E-state index in [1.165, 1.54) is 6.92 Å². The highest BCUT2D eigenvalue weighted by atomic mass is 32.2. The lowest BCUT2D eigenvalue weighted by molar-refractivity contribution is -0.120. The van der Waals surface area contributed by atoms with Crippen LogP contribution in [-0.4, -0.2) is 30.8 Å². The highest BCUT2D eigenvalue weighted by Crippen LogP contribution is 2.15. The Morgan fingerprint density at radius 1 is 1.25 bits per heavy atom. The molecule has 1 amide bonds. The third-order valence-electron chi connectivity index (χ3n) is 3.49. The Balaban J connectivity index is 1.92. The van der Waals surface area contributed by atoms with Gasteiger partial charge in [-0.05, 0) is 36.8 Å². The Bertz CT molecular complexity index is 791. The predicted octanol–water partition coefficient (Wildman–Crippen LogP) is 1.71. The maximum atomic E-state index is 11.8. The minimum absolute atomic E-state index is 0.236. The largest absolute Gasteiger partial charge is 0.487 e. The summed E-state index contributed by atoms with van der Waals surface area (Å²) in [6.45, 7) is 1.96. The van der Waals surface area contributed by atoms with Crippen LogP contribution in [0.2, 0.25) is 0 Å². The van der Waals surface area contributed by atoms with Crippen LogP contribution in [0, 0.1) is 0 Å².